The number of methoxy groups -OCH3 is 1. The SMILES string of the molecule is CC[C@@H]1[C@@H]2CN(C(=O)[C@H](C(C)(C)C)NC(=O)O[C@@H]3C[C@@H]4C[C@@H]4[C@H]3CCCCCc3nc4ccc(OC)cc4nc3O2)[C@@H]1C(=O)N[C@]1(C(=O)NS(=O)(=O)C2CC2)CC1C(F)F. The number of halogens is 2. The van der Waals surface area contributed by atoms with E-state index in [9.17, 15) is 36.4 Å². The van der Waals surface area contributed by atoms with Crippen molar-refractivity contribution in [2.75, 3.05) is 13.7 Å². The van der Waals surface area contributed by atoms with Crippen molar-refractivity contribution in [3.05, 3.63) is 23.9 Å². The van der Waals surface area contributed by atoms with Gasteiger partial charge in [-0.3, -0.25) is 19.1 Å². The van der Waals surface area contributed by atoms with Gasteiger partial charge in [-0.25, -0.2) is 32.0 Å². The maximum absolute atomic E-state index is 15.0. The van der Waals surface area contributed by atoms with Crippen molar-refractivity contribution in [3.63, 3.8) is 0 Å². The van der Waals surface area contributed by atoms with Crippen LogP contribution >= 0.6 is 0 Å². The number of benzene rings is 1. The number of alkyl halides is 2. The second kappa shape index (κ2) is 15.8. The van der Waals surface area contributed by atoms with Gasteiger partial charge >= 0.3 is 6.09 Å². The Hall–Kier alpha value is -4.35. The van der Waals surface area contributed by atoms with E-state index in [2.05, 4.69) is 10.6 Å². The molecule has 1 unspecified atom stereocenters. The maximum atomic E-state index is 15.0. The third-order valence-electron chi connectivity index (χ3n) is 13.7. The van der Waals surface area contributed by atoms with E-state index in [0.29, 0.717) is 53.6 Å². The molecular formula is C42H56F2N6O9S. The largest absolute Gasteiger partial charge is 0.497 e. The van der Waals surface area contributed by atoms with Gasteiger partial charge < -0.3 is 29.7 Å². The van der Waals surface area contributed by atoms with Gasteiger partial charge in [-0.05, 0) is 93.1 Å². The molecule has 3 heterocycles. The number of carbonyl (C=O) groups excluding carboxylic acids is 4. The van der Waals surface area contributed by atoms with Gasteiger partial charge in [-0.15, -0.1) is 0 Å². The van der Waals surface area contributed by atoms with Crippen LogP contribution in [0.2, 0.25) is 0 Å². The Balaban J connectivity index is 1.17. The highest BCUT2D eigenvalue weighted by atomic mass is 32.2. The van der Waals surface area contributed by atoms with Crippen molar-refractivity contribution in [2.45, 2.75) is 140 Å². The minimum Gasteiger partial charge on any atom is -0.497 e. The second-order valence-corrected chi connectivity index (χ2v) is 20.8. The summed E-state index contributed by atoms with van der Waals surface area (Å²) in [6, 6.07) is 2.76. The summed E-state index contributed by atoms with van der Waals surface area (Å²) in [5.74, 6) is -3.24. The van der Waals surface area contributed by atoms with Crippen molar-refractivity contribution in [1.29, 1.82) is 0 Å². The molecule has 3 N–H and O–H groups in total. The molecule has 2 aromatic rings. The number of amides is 4. The van der Waals surface area contributed by atoms with Crippen molar-refractivity contribution in [1.82, 2.24) is 30.2 Å². The number of alkyl carbamates (subject to hydrolysis) is 1. The van der Waals surface area contributed by atoms with E-state index >= 15 is 0 Å². The number of nitrogens with zero attached hydrogens (tertiary/aromatic N) is 3. The molecule has 60 heavy (non-hydrogen) atoms. The minimum atomic E-state index is -4.15. The Morgan fingerprint density at radius 1 is 1.03 bits per heavy atom. The first-order valence-corrected chi connectivity index (χ1v) is 22.9. The van der Waals surface area contributed by atoms with E-state index < -0.39 is 92.9 Å². The van der Waals surface area contributed by atoms with Crippen molar-refractivity contribution in [3.8, 4) is 11.6 Å². The van der Waals surface area contributed by atoms with Gasteiger partial charge in [0, 0.05) is 12.0 Å². The summed E-state index contributed by atoms with van der Waals surface area (Å²) in [7, 11) is -2.61. The lowest BCUT2D eigenvalue weighted by Gasteiger charge is -2.36. The highest BCUT2D eigenvalue weighted by Gasteiger charge is 2.67. The molecule has 1 saturated heterocycles. The fourth-order valence-corrected chi connectivity index (χ4v) is 11.3. The van der Waals surface area contributed by atoms with Gasteiger partial charge in [0.25, 0.3) is 5.91 Å². The molecule has 10 atom stereocenters. The quantitative estimate of drug-likeness (QED) is 0.335. The summed E-state index contributed by atoms with van der Waals surface area (Å²) in [6.45, 7) is 6.94. The molecule has 5 fully saturated rings. The molecule has 18 heteroatoms. The normalized spacial score (nSPS) is 33.3. The summed E-state index contributed by atoms with van der Waals surface area (Å²) in [5.41, 5.74) is -1.39. The molecule has 15 nitrogen and oxygen atoms in total. The number of fused-ring (bicyclic) bond motifs is 7. The zero-order chi connectivity index (χ0) is 42.9. The van der Waals surface area contributed by atoms with E-state index in [4.69, 9.17) is 24.2 Å². The monoisotopic (exact) mass is 858 g/mol. The predicted octanol–water partition coefficient (Wildman–Crippen LogP) is 4.65. The number of carbonyl (C=O) groups is 4. The van der Waals surface area contributed by atoms with Crippen LogP contribution in [0.4, 0.5) is 13.6 Å². The van der Waals surface area contributed by atoms with E-state index in [1.165, 1.54) is 4.90 Å². The van der Waals surface area contributed by atoms with Crippen molar-refractivity contribution >= 4 is 44.9 Å². The number of hydrogen-bond donors (Lipinski definition) is 3. The zero-order valence-corrected chi connectivity index (χ0v) is 35.6. The average Bonchev–Trinajstić information content (AvgIpc) is 4.12. The highest BCUT2D eigenvalue weighted by molar-refractivity contribution is 7.91. The fraction of sp³-hybridized carbons (Fsp3) is 0.714. The molecule has 1 aromatic carbocycles. The van der Waals surface area contributed by atoms with Crippen LogP contribution in [0.3, 0.4) is 0 Å². The van der Waals surface area contributed by atoms with Crippen LogP contribution in [-0.4, -0.2) is 102 Å². The summed E-state index contributed by atoms with van der Waals surface area (Å²) < 4.78 is 74.5. The smallest absolute Gasteiger partial charge is 0.408 e. The fourth-order valence-electron chi connectivity index (χ4n) is 9.97. The third kappa shape index (κ3) is 8.20. The van der Waals surface area contributed by atoms with Crippen LogP contribution in [0.1, 0.15) is 97.6 Å². The van der Waals surface area contributed by atoms with Crippen LogP contribution in [0.5, 0.6) is 11.6 Å². The first kappa shape index (κ1) is 42.3. The Morgan fingerprint density at radius 2 is 1.80 bits per heavy atom. The summed E-state index contributed by atoms with van der Waals surface area (Å²) in [6.07, 6.45) is 1.35. The third-order valence-corrected chi connectivity index (χ3v) is 15.5. The van der Waals surface area contributed by atoms with Crippen LogP contribution in [0, 0.1) is 35.0 Å². The summed E-state index contributed by atoms with van der Waals surface area (Å²) >= 11 is 0. The first-order valence-electron chi connectivity index (χ1n) is 21.4. The van der Waals surface area contributed by atoms with Gasteiger partial charge in [0.05, 0.1) is 35.9 Å². The lowest BCUT2D eigenvalue weighted by molar-refractivity contribution is -0.144. The molecule has 2 bridgehead atoms. The molecule has 0 spiro atoms. The first-order chi connectivity index (χ1) is 28.4. The van der Waals surface area contributed by atoms with Crippen LogP contribution < -0.4 is 24.8 Å². The standard InChI is InChI=1S/C42H56F2N6O9S/c1-6-24-32-20-50(33(24)36(51)48-42(19-27(42)35(43)44)39(53)49-60(55,56)23-13-14-23)38(52)34(41(2,3)4)47-40(54)59-31-17-21-16-26(21)25(31)10-8-7-9-11-29-37(58-32)46-30-18-22(57-5)12-15-28(30)45-29/h12,15,18,21,23-27,31-35H,6-11,13-14,16-17,19-20H2,1-5H3,(H,47,54)(H,48,51)(H,49,53)/t21-,24+,25+,26-,27?,31+,32-,33-,34+,42+/m0/s1. The zero-order valence-electron chi connectivity index (χ0n) is 34.7. The van der Waals surface area contributed by atoms with Gasteiger partial charge in [0.2, 0.25) is 34.1 Å². The van der Waals surface area contributed by atoms with Crippen LogP contribution in [0.25, 0.3) is 11.0 Å². The lowest BCUT2D eigenvalue weighted by Crippen LogP contribution is -2.61. The van der Waals surface area contributed by atoms with Gasteiger partial charge in [0.1, 0.15) is 41.3 Å². The van der Waals surface area contributed by atoms with Gasteiger partial charge in [-0.1, -0.05) is 40.5 Å². The van der Waals surface area contributed by atoms with Crippen LogP contribution in [0.15, 0.2) is 18.2 Å². The van der Waals surface area contributed by atoms with Crippen molar-refractivity contribution < 1.29 is 50.6 Å². The molecule has 2 aliphatic heterocycles. The molecule has 1 aromatic heterocycles. The molecule has 4 saturated carbocycles. The topological polar surface area (TPSA) is 195 Å². The summed E-state index contributed by atoms with van der Waals surface area (Å²) in [4.78, 5) is 68.2. The number of nitrogens with one attached hydrogen (secondary N) is 3. The molecule has 0 radical (unpaired) electrons. The number of aromatic nitrogens is 2. The highest BCUT2D eigenvalue weighted by Crippen LogP contribution is 2.58. The van der Waals surface area contributed by atoms with E-state index in [1.807, 2.05) is 10.8 Å². The average molecular weight is 859 g/mol. The molecule has 328 valence electrons. The minimum absolute atomic E-state index is 0.169. The summed E-state index contributed by atoms with van der Waals surface area (Å²) in [5, 5.41) is 4.53. The predicted molar refractivity (Wildman–Crippen MR) is 213 cm³/mol. The van der Waals surface area contributed by atoms with E-state index in [0.717, 1.165) is 38.5 Å². The Labute approximate surface area is 348 Å². The van der Waals surface area contributed by atoms with Gasteiger partial charge in [-0.2, -0.15) is 0 Å². The Bertz CT molecular complexity index is 2150. The number of ether oxygens (including phenoxy) is 3. The van der Waals surface area contributed by atoms with E-state index in [1.54, 1.807) is 46.9 Å². The molecule has 8 rings (SSSR count). The Kier molecular flexibility index (Phi) is 11.2. The molecular weight excluding hydrogens is 803 g/mol. The van der Waals surface area contributed by atoms with Crippen LogP contribution in [-0.2, 0) is 35.6 Å². The van der Waals surface area contributed by atoms with E-state index in [-0.39, 0.29) is 30.9 Å². The lowest BCUT2D eigenvalue weighted by atomic mass is 9.85. The van der Waals surface area contributed by atoms with Crippen molar-refractivity contribution in [2.24, 2.45) is 35.0 Å². The molecule has 4 aliphatic carbocycles. The molecule has 6 aliphatic rings. The maximum Gasteiger partial charge on any atom is 0.408 e. The number of hydrogen-bond acceptors (Lipinski definition) is 11. The Morgan fingerprint density at radius 3 is 2.47 bits per heavy atom. The number of rotatable bonds is 8. The number of aryl methyl sites for hydroxylation is 1. The van der Waals surface area contributed by atoms with Gasteiger partial charge in [0.15, 0.2) is 0 Å². The second-order valence-electron chi connectivity index (χ2n) is 18.8. The number of sulfonamides is 1. The molecule has 4 amide bonds.